The van der Waals surface area contributed by atoms with Crippen LogP contribution in [0.25, 0.3) is 23.0 Å². The number of anilines is 1. The molecule has 3 rings (SSSR count). The van der Waals surface area contributed by atoms with E-state index in [9.17, 15) is 4.39 Å². The first-order valence-corrected chi connectivity index (χ1v) is 7.94. The molecule has 124 valence electrons. The van der Waals surface area contributed by atoms with Gasteiger partial charge in [-0.1, -0.05) is 44.7 Å². The van der Waals surface area contributed by atoms with Gasteiger partial charge in [0.1, 0.15) is 17.3 Å². The Morgan fingerprint density at radius 1 is 1.08 bits per heavy atom. The highest BCUT2D eigenvalue weighted by atomic mass is 19.1. The first-order valence-electron chi connectivity index (χ1n) is 7.94. The molecule has 2 aromatic carbocycles. The second-order valence-electron chi connectivity index (χ2n) is 5.06. The summed E-state index contributed by atoms with van der Waals surface area (Å²) in [6.07, 6.45) is 1.68. The average molecular weight is 323 g/mol. The monoisotopic (exact) mass is 323 g/mol. The molecule has 0 saturated carbocycles. The van der Waals surface area contributed by atoms with Crippen LogP contribution in [0.1, 0.15) is 25.0 Å². The predicted molar refractivity (Wildman–Crippen MR) is 99.5 cm³/mol. The maximum atomic E-state index is 13.1. The fraction of sp³-hybridized carbons (Fsp3) is 0.150. The minimum absolute atomic E-state index is 0.282. The Labute approximate surface area is 142 Å². The number of nitrogens with zero attached hydrogens (tertiary/aromatic N) is 2. The Bertz CT molecular complexity index is 833. The molecule has 3 nitrogen and oxygen atoms in total. The van der Waals surface area contributed by atoms with Crippen molar-refractivity contribution >= 4 is 11.9 Å². The molecule has 0 spiro atoms. The van der Waals surface area contributed by atoms with E-state index in [1.165, 1.54) is 12.1 Å². The van der Waals surface area contributed by atoms with E-state index in [1.54, 1.807) is 22.9 Å². The summed E-state index contributed by atoms with van der Waals surface area (Å²) in [5.74, 6) is 0.235. The van der Waals surface area contributed by atoms with Crippen LogP contribution in [0.4, 0.5) is 10.2 Å². The number of nitrogens with two attached hydrogens (primary N) is 1. The predicted octanol–water partition coefficient (Wildman–Crippen LogP) is 5.24. The van der Waals surface area contributed by atoms with Crippen LogP contribution in [0, 0.1) is 12.7 Å². The molecule has 3 aromatic rings. The summed E-state index contributed by atoms with van der Waals surface area (Å²) in [7, 11) is 0. The number of aromatic nitrogens is 2. The van der Waals surface area contributed by atoms with E-state index in [0.717, 1.165) is 22.4 Å². The number of nitrogen functional groups attached to an aromatic ring is 1. The molecule has 0 aliphatic rings. The fourth-order valence-electron chi connectivity index (χ4n) is 2.45. The Morgan fingerprint density at radius 3 is 2.29 bits per heavy atom. The third-order valence-corrected chi connectivity index (χ3v) is 3.62. The first-order chi connectivity index (χ1) is 11.6. The van der Waals surface area contributed by atoms with Crippen molar-refractivity contribution in [1.29, 1.82) is 0 Å². The summed E-state index contributed by atoms with van der Waals surface area (Å²) in [6.45, 7) is 9.82. The van der Waals surface area contributed by atoms with Gasteiger partial charge < -0.3 is 5.73 Å². The quantitative estimate of drug-likeness (QED) is 0.716. The van der Waals surface area contributed by atoms with Gasteiger partial charge in [0, 0.05) is 11.1 Å². The summed E-state index contributed by atoms with van der Waals surface area (Å²) in [6, 6.07) is 14.1. The van der Waals surface area contributed by atoms with Gasteiger partial charge in [0.15, 0.2) is 0 Å². The molecule has 0 saturated heterocycles. The van der Waals surface area contributed by atoms with E-state index >= 15 is 0 Å². The van der Waals surface area contributed by atoms with Crippen molar-refractivity contribution in [3.05, 3.63) is 72.1 Å². The maximum Gasteiger partial charge on any atom is 0.135 e. The lowest BCUT2D eigenvalue weighted by Crippen LogP contribution is -2.03. The third kappa shape index (κ3) is 3.23. The minimum Gasteiger partial charge on any atom is -0.383 e. The van der Waals surface area contributed by atoms with Crippen molar-refractivity contribution in [3.63, 3.8) is 0 Å². The molecule has 0 amide bonds. The van der Waals surface area contributed by atoms with E-state index in [0.29, 0.717) is 11.5 Å². The molecule has 24 heavy (non-hydrogen) atoms. The van der Waals surface area contributed by atoms with Crippen LogP contribution >= 0.6 is 0 Å². The van der Waals surface area contributed by atoms with Crippen molar-refractivity contribution in [3.8, 4) is 16.9 Å². The second kappa shape index (κ2) is 7.59. The molecule has 1 aromatic heterocycles. The maximum absolute atomic E-state index is 13.1. The number of rotatable bonds is 3. The highest BCUT2D eigenvalue weighted by Crippen LogP contribution is 2.30. The molecule has 0 aliphatic carbocycles. The van der Waals surface area contributed by atoms with Gasteiger partial charge >= 0.3 is 0 Å². The molecule has 2 N–H and O–H groups in total. The van der Waals surface area contributed by atoms with Crippen LogP contribution in [0.3, 0.4) is 0 Å². The average Bonchev–Trinajstić information content (AvgIpc) is 2.94. The topological polar surface area (TPSA) is 43.8 Å². The summed E-state index contributed by atoms with van der Waals surface area (Å²) in [5.41, 5.74) is 10.5. The molecule has 0 aliphatic heterocycles. The van der Waals surface area contributed by atoms with Crippen molar-refractivity contribution in [2.75, 3.05) is 5.73 Å². The molecular formula is C20H22FN3. The van der Waals surface area contributed by atoms with Crippen molar-refractivity contribution in [2.45, 2.75) is 20.8 Å². The molecular weight excluding hydrogens is 301 g/mol. The lowest BCUT2D eigenvalue weighted by Gasteiger charge is -2.07. The number of hydrogen-bond acceptors (Lipinski definition) is 2. The molecule has 1 heterocycles. The van der Waals surface area contributed by atoms with Gasteiger partial charge in [0.25, 0.3) is 0 Å². The van der Waals surface area contributed by atoms with E-state index in [1.807, 2.05) is 45.0 Å². The van der Waals surface area contributed by atoms with Gasteiger partial charge in [-0.3, -0.25) is 0 Å². The Balaban J connectivity index is 0.00000100. The molecule has 0 fully saturated rings. The summed E-state index contributed by atoms with van der Waals surface area (Å²) in [4.78, 5) is 0. The summed E-state index contributed by atoms with van der Waals surface area (Å²) < 4.78 is 14.8. The Hall–Kier alpha value is -2.88. The lowest BCUT2D eigenvalue weighted by atomic mass is 10.1. The highest BCUT2D eigenvalue weighted by molar-refractivity contribution is 5.79. The van der Waals surface area contributed by atoms with E-state index < -0.39 is 0 Å². The van der Waals surface area contributed by atoms with Crippen LogP contribution in [-0.4, -0.2) is 9.78 Å². The van der Waals surface area contributed by atoms with Crippen LogP contribution in [0.15, 0.2) is 55.1 Å². The molecule has 0 radical (unpaired) electrons. The van der Waals surface area contributed by atoms with Gasteiger partial charge in [-0.05, 0) is 42.8 Å². The van der Waals surface area contributed by atoms with Crippen molar-refractivity contribution in [2.24, 2.45) is 0 Å². The van der Waals surface area contributed by atoms with Crippen molar-refractivity contribution in [1.82, 2.24) is 9.78 Å². The second-order valence-corrected chi connectivity index (χ2v) is 5.06. The van der Waals surface area contributed by atoms with E-state index in [4.69, 9.17) is 5.73 Å². The van der Waals surface area contributed by atoms with Crippen molar-refractivity contribution < 1.29 is 4.39 Å². The zero-order valence-electron chi connectivity index (χ0n) is 14.3. The van der Waals surface area contributed by atoms with Crippen LogP contribution < -0.4 is 5.73 Å². The highest BCUT2D eigenvalue weighted by Gasteiger charge is 2.16. The summed E-state index contributed by atoms with van der Waals surface area (Å²) >= 11 is 0. The van der Waals surface area contributed by atoms with Gasteiger partial charge in [0.2, 0.25) is 0 Å². The SMILES string of the molecule is C=Cc1c(-c2ccc(F)cc2)nn(-c2ccccc2C)c1N.CC. The smallest absolute Gasteiger partial charge is 0.135 e. The molecule has 0 bridgehead atoms. The summed E-state index contributed by atoms with van der Waals surface area (Å²) in [5, 5.41) is 4.61. The zero-order valence-corrected chi connectivity index (χ0v) is 14.3. The first kappa shape index (κ1) is 17.5. The normalized spacial score (nSPS) is 10.0. The number of hydrogen-bond donors (Lipinski definition) is 1. The van der Waals surface area contributed by atoms with Gasteiger partial charge in [0.05, 0.1) is 5.69 Å². The van der Waals surface area contributed by atoms with Gasteiger partial charge in [-0.15, -0.1) is 0 Å². The van der Waals surface area contributed by atoms with Crippen LogP contribution in [-0.2, 0) is 0 Å². The molecule has 0 atom stereocenters. The lowest BCUT2D eigenvalue weighted by molar-refractivity contribution is 0.628. The van der Waals surface area contributed by atoms with E-state index in [-0.39, 0.29) is 5.82 Å². The van der Waals surface area contributed by atoms with E-state index in [2.05, 4.69) is 11.7 Å². The number of aryl methyl sites for hydroxylation is 1. The van der Waals surface area contributed by atoms with Crippen LogP contribution in [0.5, 0.6) is 0 Å². The van der Waals surface area contributed by atoms with Gasteiger partial charge in [-0.2, -0.15) is 5.10 Å². The number of halogens is 1. The number of para-hydroxylation sites is 1. The largest absolute Gasteiger partial charge is 0.383 e. The van der Waals surface area contributed by atoms with Gasteiger partial charge in [-0.25, -0.2) is 9.07 Å². The third-order valence-electron chi connectivity index (χ3n) is 3.62. The molecule has 4 heteroatoms. The minimum atomic E-state index is -0.282. The fourth-order valence-corrected chi connectivity index (χ4v) is 2.45. The number of benzene rings is 2. The van der Waals surface area contributed by atoms with Crippen LogP contribution in [0.2, 0.25) is 0 Å². The zero-order chi connectivity index (χ0) is 17.7. The Kier molecular flexibility index (Phi) is 5.53. The molecule has 0 unspecified atom stereocenters. The standard InChI is InChI=1S/C18H16FN3.C2H6/c1-3-15-17(13-8-10-14(19)11-9-13)21-22(18(15)20)16-7-5-4-6-12(16)2;1-2/h3-11H,1,20H2,2H3;1-2H3. The Morgan fingerprint density at radius 2 is 1.71 bits per heavy atom.